The molecule has 5 heteroatoms. The highest BCUT2D eigenvalue weighted by Gasteiger charge is 2.16. The van der Waals surface area contributed by atoms with Gasteiger partial charge in [-0.25, -0.2) is 0 Å². The first kappa shape index (κ1) is 61.3. The summed E-state index contributed by atoms with van der Waals surface area (Å²) in [5, 5.41) is 9.63. The van der Waals surface area contributed by atoms with Gasteiger partial charge in [0.2, 0.25) is 0 Å². The molecule has 1 N–H and O–H groups in total. The predicted octanol–water partition coefficient (Wildman–Crippen LogP) is 17.9. The summed E-state index contributed by atoms with van der Waals surface area (Å²) in [5.41, 5.74) is 0. The second kappa shape index (κ2) is 54.6. The molecule has 0 fully saturated rings. The molecule has 0 rings (SSSR count). The molecule has 0 saturated heterocycles. The van der Waals surface area contributed by atoms with Gasteiger partial charge in [0.15, 0.2) is 6.10 Å². The number of hydrogen-bond donors (Lipinski definition) is 1. The van der Waals surface area contributed by atoms with Gasteiger partial charge in [0.25, 0.3) is 0 Å². The van der Waals surface area contributed by atoms with E-state index in [0.717, 1.165) is 116 Å². The lowest BCUT2D eigenvalue weighted by molar-refractivity contribution is -0.161. The zero-order chi connectivity index (χ0) is 47.0. The first-order valence-electron chi connectivity index (χ1n) is 26.6. The van der Waals surface area contributed by atoms with Crippen LogP contribution in [0.2, 0.25) is 0 Å². The molecule has 0 aliphatic rings. The van der Waals surface area contributed by atoms with Crippen LogP contribution >= 0.6 is 0 Å². The molecule has 0 saturated carbocycles. The molecule has 0 aliphatic heterocycles. The molecule has 1 atom stereocenters. The third-order valence-electron chi connectivity index (χ3n) is 11.0. The van der Waals surface area contributed by atoms with Gasteiger partial charge in [0.05, 0.1) is 6.61 Å². The maximum atomic E-state index is 12.3. The number of esters is 2. The van der Waals surface area contributed by atoms with Crippen molar-refractivity contribution in [3.8, 4) is 0 Å². The highest BCUT2D eigenvalue weighted by Crippen LogP contribution is 2.13. The molecule has 0 bridgehead atoms. The Morgan fingerprint density at radius 3 is 1.02 bits per heavy atom. The largest absolute Gasteiger partial charge is 0.462 e. The lowest BCUT2D eigenvalue weighted by Gasteiger charge is -2.15. The van der Waals surface area contributed by atoms with E-state index in [1.54, 1.807) is 0 Å². The molecule has 0 aromatic heterocycles. The normalized spacial score (nSPS) is 13.2. The van der Waals surface area contributed by atoms with Crippen LogP contribution < -0.4 is 0 Å². The maximum absolute atomic E-state index is 12.3. The predicted molar refractivity (Wildman–Crippen MR) is 283 cm³/mol. The highest BCUT2D eigenvalue weighted by molar-refractivity contribution is 5.70. The Hall–Kier alpha value is -3.70. The number of ether oxygens (including phenoxy) is 2. The van der Waals surface area contributed by atoms with Crippen LogP contribution in [0.1, 0.15) is 226 Å². The van der Waals surface area contributed by atoms with Crippen molar-refractivity contribution in [2.45, 2.75) is 232 Å². The van der Waals surface area contributed by atoms with E-state index in [4.69, 9.17) is 9.47 Å². The van der Waals surface area contributed by atoms with Crippen molar-refractivity contribution in [2.24, 2.45) is 0 Å². The second-order valence-electron chi connectivity index (χ2n) is 17.2. The summed E-state index contributed by atoms with van der Waals surface area (Å²) >= 11 is 0. The lowest BCUT2D eigenvalue weighted by Crippen LogP contribution is -2.28. The van der Waals surface area contributed by atoms with E-state index in [9.17, 15) is 14.7 Å². The standard InChI is InChI=1S/C60H98O5/c1-3-5-7-9-11-13-15-17-19-21-23-24-25-26-27-28-29-30-31-32-33-34-35-36-37-39-41-43-45-47-49-51-53-55-60(63)65-58(56-61)57-64-59(62)54-52-50-48-46-44-42-40-38-22-20-18-16-14-12-10-8-6-4-2/h5,7,11,13,17,19-20,22-24,26-27,29-30,32-33,35-36,39,41,58,61H,3-4,6,8-10,12,14-16,18,21,25,28,31,34,37-38,40,42-57H2,1-2H3/b7-5-,13-11-,19-17-,22-20-,24-23-,27-26-,30-29-,33-32-,36-35-,41-39-. The van der Waals surface area contributed by atoms with Gasteiger partial charge < -0.3 is 14.6 Å². The molecule has 1 unspecified atom stereocenters. The van der Waals surface area contributed by atoms with Crippen molar-refractivity contribution in [1.29, 1.82) is 0 Å². The van der Waals surface area contributed by atoms with Crippen LogP contribution in [-0.4, -0.2) is 36.4 Å². The molecule has 0 aromatic rings. The molecule has 0 heterocycles. The Balaban J connectivity index is 3.64. The Morgan fingerprint density at radius 1 is 0.369 bits per heavy atom. The number of hydrogen-bond acceptors (Lipinski definition) is 5. The Morgan fingerprint density at radius 2 is 0.662 bits per heavy atom. The molecule has 0 aromatic carbocycles. The van der Waals surface area contributed by atoms with E-state index in [0.29, 0.717) is 12.8 Å². The number of carbonyl (C=O) groups is 2. The fourth-order valence-corrected chi connectivity index (χ4v) is 7.01. The van der Waals surface area contributed by atoms with Crippen LogP contribution in [0.4, 0.5) is 0 Å². The molecule has 0 spiro atoms. The zero-order valence-corrected chi connectivity index (χ0v) is 42.0. The van der Waals surface area contributed by atoms with Crippen LogP contribution in [0.3, 0.4) is 0 Å². The van der Waals surface area contributed by atoms with E-state index in [-0.39, 0.29) is 25.2 Å². The minimum Gasteiger partial charge on any atom is -0.462 e. The van der Waals surface area contributed by atoms with Crippen molar-refractivity contribution in [3.05, 3.63) is 122 Å². The average Bonchev–Trinajstić information content (AvgIpc) is 3.31. The van der Waals surface area contributed by atoms with Crippen LogP contribution in [0, 0.1) is 0 Å². The zero-order valence-electron chi connectivity index (χ0n) is 42.0. The van der Waals surface area contributed by atoms with Gasteiger partial charge in [-0.1, -0.05) is 225 Å². The van der Waals surface area contributed by atoms with Crippen molar-refractivity contribution < 1.29 is 24.2 Å². The summed E-state index contributed by atoms with van der Waals surface area (Å²) in [7, 11) is 0. The fraction of sp³-hybridized carbons (Fsp3) is 0.633. The third kappa shape index (κ3) is 52.8. The quantitative estimate of drug-likeness (QED) is 0.0374. The van der Waals surface area contributed by atoms with Crippen LogP contribution in [0.25, 0.3) is 0 Å². The van der Waals surface area contributed by atoms with Crippen molar-refractivity contribution >= 4 is 11.9 Å². The van der Waals surface area contributed by atoms with Crippen molar-refractivity contribution in [1.82, 2.24) is 0 Å². The van der Waals surface area contributed by atoms with Gasteiger partial charge >= 0.3 is 11.9 Å². The first-order valence-corrected chi connectivity index (χ1v) is 26.6. The summed E-state index contributed by atoms with van der Waals surface area (Å²) in [6, 6.07) is 0. The minimum absolute atomic E-state index is 0.0827. The number of carbonyl (C=O) groups excluding carboxylic acids is 2. The summed E-state index contributed by atoms with van der Waals surface area (Å²) in [4.78, 5) is 24.5. The number of unbranched alkanes of at least 4 members (excludes halogenated alkanes) is 19. The Labute approximate surface area is 401 Å². The molecule has 0 radical (unpaired) electrons. The van der Waals surface area contributed by atoms with E-state index < -0.39 is 6.10 Å². The van der Waals surface area contributed by atoms with Gasteiger partial charge in [-0.2, -0.15) is 0 Å². The Bertz CT molecular complexity index is 1340. The number of allylic oxidation sites excluding steroid dienone is 20. The van der Waals surface area contributed by atoms with Crippen LogP contribution in [0.5, 0.6) is 0 Å². The van der Waals surface area contributed by atoms with Crippen molar-refractivity contribution in [3.63, 3.8) is 0 Å². The minimum atomic E-state index is -0.793. The molecule has 368 valence electrons. The molecule has 5 nitrogen and oxygen atoms in total. The van der Waals surface area contributed by atoms with E-state index in [1.807, 2.05) is 0 Å². The van der Waals surface area contributed by atoms with Gasteiger partial charge in [0.1, 0.15) is 6.61 Å². The fourth-order valence-electron chi connectivity index (χ4n) is 7.01. The van der Waals surface area contributed by atoms with Crippen molar-refractivity contribution in [2.75, 3.05) is 13.2 Å². The molecule has 65 heavy (non-hydrogen) atoms. The molecule has 0 amide bonds. The summed E-state index contributed by atoms with van der Waals surface area (Å²) in [6.07, 6.45) is 80.0. The maximum Gasteiger partial charge on any atom is 0.306 e. The number of aliphatic hydroxyl groups excluding tert-OH is 1. The highest BCUT2D eigenvalue weighted by atomic mass is 16.6. The van der Waals surface area contributed by atoms with Gasteiger partial charge in [-0.15, -0.1) is 0 Å². The second-order valence-corrected chi connectivity index (χ2v) is 17.2. The smallest absolute Gasteiger partial charge is 0.306 e. The summed E-state index contributed by atoms with van der Waals surface area (Å²) in [5.74, 6) is -0.624. The topological polar surface area (TPSA) is 72.8 Å². The number of rotatable bonds is 47. The van der Waals surface area contributed by atoms with E-state index >= 15 is 0 Å². The summed E-state index contributed by atoms with van der Waals surface area (Å²) in [6.45, 7) is 4.00. The molecule has 0 aliphatic carbocycles. The van der Waals surface area contributed by atoms with Crippen LogP contribution in [0.15, 0.2) is 122 Å². The molecular formula is C60H98O5. The lowest BCUT2D eigenvalue weighted by atomic mass is 10.1. The molecular weight excluding hydrogens is 801 g/mol. The Kier molecular flexibility index (Phi) is 51.5. The van der Waals surface area contributed by atoms with Gasteiger partial charge in [-0.05, 0) is 109 Å². The van der Waals surface area contributed by atoms with Crippen LogP contribution in [-0.2, 0) is 19.1 Å². The first-order chi connectivity index (χ1) is 32.1. The average molecular weight is 899 g/mol. The number of aliphatic hydroxyl groups is 1. The monoisotopic (exact) mass is 899 g/mol. The SMILES string of the molecule is CC/C=C\C/C=C\C/C=C\C/C=C\C/C=C\C/C=C\C/C=C\C/C=C\C/C=C\CCCCCCCC(=O)OC(CO)COC(=O)CCCCCCCCC/C=C\CCCCCCCCC. The van der Waals surface area contributed by atoms with E-state index in [2.05, 4.69) is 135 Å². The summed E-state index contributed by atoms with van der Waals surface area (Å²) < 4.78 is 10.7. The third-order valence-corrected chi connectivity index (χ3v) is 11.0. The van der Waals surface area contributed by atoms with Gasteiger partial charge in [-0.3, -0.25) is 9.59 Å². The van der Waals surface area contributed by atoms with E-state index in [1.165, 1.54) is 83.5 Å². The van der Waals surface area contributed by atoms with Gasteiger partial charge in [0, 0.05) is 12.8 Å².